The monoisotopic (exact) mass is 294 g/mol. The number of carbonyl (C=O) groups is 1. The standard InChI is InChI=1S/C17H27FN2O/c1-3-4-5-12-20(17(21)11-6-14(2)19)13-15-7-9-16(18)10-8-15/h7-10,14H,3-6,11-13,19H2,1-2H3. The maximum absolute atomic E-state index is 12.9. The molecule has 1 rings (SSSR count). The lowest BCUT2D eigenvalue weighted by Gasteiger charge is -2.23. The highest BCUT2D eigenvalue weighted by Gasteiger charge is 2.14. The molecule has 2 N–H and O–H groups in total. The second kappa shape index (κ2) is 9.50. The Morgan fingerprint density at radius 2 is 1.95 bits per heavy atom. The van der Waals surface area contributed by atoms with Crippen molar-refractivity contribution in [2.75, 3.05) is 6.54 Å². The number of amides is 1. The van der Waals surface area contributed by atoms with Gasteiger partial charge >= 0.3 is 0 Å². The van der Waals surface area contributed by atoms with Crippen LogP contribution in [0.3, 0.4) is 0 Å². The molecule has 0 radical (unpaired) electrons. The Morgan fingerprint density at radius 1 is 1.29 bits per heavy atom. The van der Waals surface area contributed by atoms with E-state index < -0.39 is 0 Å². The van der Waals surface area contributed by atoms with Gasteiger partial charge in [-0.25, -0.2) is 4.39 Å². The summed E-state index contributed by atoms with van der Waals surface area (Å²) in [5, 5.41) is 0. The molecule has 1 amide bonds. The molecule has 1 aromatic carbocycles. The van der Waals surface area contributed by atoms with Crippen LogP contribution >= 0.6 is 0 Å². The smallest absolute Gasteiger partial charge is 0.222 e. The number of halogens is 1. The summed E-state index contributed by atoms with van der Waals surface area (Å²) in [7, 11) is 0. The predicted molar refractivity (Wildman–Crippen MR) is 84.2 cm³/mol. The summed E-state index contributed by atoms with van der Waals surface area (Å²) < 4.78 is 12.9. The number of hydrogen-bond donors (Lipinski definition) is 1. The van der Waals surface area contributed by atoms with Crippen LogP contribution in [0.25, 0.3) is 0 Å². The fourth-order valence-electron chi connectivity index (χ4n) is 2.16. The van der Waals surface area contributed by atoms with Crippen molar-refractivity contribution in [2.24, 2.45) is 5.73 Å². The maximum atomic E-state index is 12.9. The molecule has 0 aromatic heterocycles. The first-order valence-corrected chi connectivity index (χ1v) is 7.80. The highest BCUT2D eigenvalue weighted by molar-refractivity contribution is 5.76. The third kappa shape index (κ3) is 7.23. The van der Waals surface area contributed by atoms with E-state index in [-0.39, 0.29) is 17.8 Å². The van der Waals surface area contributed by atoms with Gasteiger partial charge in [-0.15, -0.1) is 0 Å². The van der Waals surface area contributed by atoms with E-state index in [1.807, 2.05) is 11.8 Å². The Morgan fingerprint density at radius 3 is 2.52 bits per heavy atom. The molecule has 0 aliphatic heterocycles. The van der Waals surface area contributed by atoms with Gasteiger partial charge < -0.3 is 10.6 Å². The summed E-state index contributed by atoms with van der Waals surface area (Å²) >= 11 is 0. The molecule has 0 spiro atoms. The average molecular weight is 294 g/mol. The zero-order chi connectivity index (χ0) is 15.7. The summed E-state index contributed by atoms with van der Waals surface area (Å²) in [6.07, 6.45) is 4.41. The summed E-state index contributed by atoms with van der Waals surface area (Å²) in [6.45, 7) is 5.35. The maximum Gasteiger partial charge on any atom is 0.222 e. The molecule has 1 unspecified atom stereocenters. The lowest BCUT2D eigenvalue weighted by Crippen LogP contribution is -2.32. The molecule has 0 fully saturated rings. The number of rotatable bonds is 9. The summed E-state index contributed by atoms with van der Waals surface area (Å²) in [5.74, 6) is -0.118. The predicted octanol–water partition coefficient (Wildman–Crippen LogP) is 3.47. The highest BCUT2D eigenvalue weighted by Crippen LogP contribution is 2.11. The van der Waals surface area contributed by atoms with Gasteiger partial charge in [0.1, 0.15) is 5.82 Å². The van der Waals surface area contributed by atoms with Crippen molar-refractivity contribution in [3.05, 3.63) is 35.6 Å². The van der Waals surface area contributed by atoms with Crippen molar-refractivity contribution >= 4 is 5.91 Å². The van der Waals surface area contributed by atoms with Gasteiger partial charge in [0, 0.05) is 25.6 Å². The first kappa shape index (κ1) is 17.6. The Bertz CT molecular complexity index is 417. The Labute approximate surface area is 127 Å². The molecule has 4 heteroatoms. The van der Waals surface area contributed by atoms with Crippen LogP contribution in [0, 0.1) is 5.82 Å². The quantitative estimate of drug-likeness (QED) is 0.709. The minimum atomic E-state index is -0.250. The first-order chi connectivity index (χ1) is 10.0. The molecule has 0 heterocycles. The number of nitrogens with two attached hydrogens (primary N) is 1. The molecule has 118 valence electrons. The van der Waals surface area contributed by atoms with Crippen molar-refractivity contribution in [3.8, 4) is 0 Å². The summed E-state index contributed by atoms with van der Waals surface area (Å²) in [4.78, 5) is 14.2. The van der Waals surface area contributed by atoms with Crippen molar-refractivity contribution in [1.29, 1.82) is 0 Å². The van der Waals surface area contributed by atoms with E-state index in [4.69, 9.17) is 5.73 Å². The molecule has 21 heavy (non-hydrogen) atoms. The highest BCUT2D eigenvalue weighted by atomic mass is 19.1. The Hall–Kier alpha value is -1.42. The molecule has 0 aliphatic rings. The van der Waals surface area contributed by atoms with E-state index in [2.05, 4.69) is 6.92 Å². The largest absolute Gasteiger partial charge is 0.338 e. The topological polar surface area (TPSA) is 46.3 Å². The molecule has 0 aliphatic carbocycles. The van der Waals surface area contributed by atoms with Gasteiger partial charge in [0.05, 0.1) is 0 Å². The third-order valence-corrected chi connectivity index (χ3v) is 3.48. The number of carbonyl (C=O) groups excluding carboxylic acids is 1. The van der Waals surface area contributed by atoms with E-state index in [0.717, 1.165) is 31.4 Å². The lowest BCUT2D eigenvalue weighted by molar-refractivity contribution is -0.132. The van der Waals surface area contributed by atoms with Gasteiger partial charge in [-0.1, -0.05) is 31.9 Å². The molecule has 1 aromatic rings. The van der Waals surface area contributed by atoms with Gasteiger partial charge in [0.2, 0.25) is 5.91 Å². The van der Waals surface area contributed by atoms with Crippen LogP contribution in [0.15, 0.2) is 24.3 Å². The van der Waals surface area contributed by atoms with Gasteiger partial charge in [-0.2, -0.15) is 0 Å². The van der Waals surface area contributed by atoms with E-state index in [9.17, 15) is 9.18 Å². The molecule has 0 saturated heterocycles. The van der Waals surface area contributed by atoms with Crippen LogP contribution < -0.4 is 5.73 Å². The average Bonchev–Trinajstić information content (AvgIpc) is 2.46. The minimum absolute atomic E-state index is 0.0391. The molecule has 3 nitrogen and oxygen atoms in total. The van der Waals surface area contributed by atoms with Crippen LogP contribution in [-0.4, -0.2) is 23.4 Å². The molecule has 0 bridgehead atoms. The zero-order valence-electron chi connectivity index (χ0n) is 13.1. The molecular weight excluding hydrogens is 267 g/mol. The molecular formula is C17H27FN2O. The van der Waals surface area contributed by atoms with Crippen LogP contribution in [0.2, 0.25) is 0 Å². The number of hydrogen-bond acceptors (Lipinski definition) is 2. The van der Waals surface area contributed by atoms with Gasteiger partial charge in [-0.3, -0.25) is 4.79 Å². The van der Waals surface area contributed by atoms with E-state index in [1.54, 1.807) is 12.1 Å². The zero-order valence-corrected chi connectivity index (χ0v) is 13.1. The third-order valence-electron chi connectivity index (χ3n) is 3.48. The van der Waals surface area contributed by atoms with Crippen molar-refractivity contribution in [3.63, 3.8) is 0 Å². The van der Waals surface area contributed by atoms with E-state index in [1.165, 1.54) is 12.1 Å². The van der Waals surface area contributed by atoms with Gasteiger partial charge in [-0.05, 0) is 37.5 Å². The first-order valence-electron chi connectivity index (χ1n) is 7.80. The van der Waals surface area contributed by atoms with Gasteiger partial charge in [0.25, 0.3) is 0 Å². The second-order valence-corrected chi connectivity index (χ2v) is 5.66. The Kier molecular flexibility index (Phi) is 7.98. The summed E-state index contributed by atoms with van der Waals surface area (Å²) in [5.41, 5.74) is 6.68. The lowest BCUT2D eigenvalue weighted by atomic mass is 10.1. The van der Waals surface area contributed by atoms with Crippen LogP contribution in [0.4, 0.5) is 4.39 Å². The SMILES string of the molecule is CCCCCN(Cc1ccc(F)cc1)C(=O)CCC(C)N. The van der Waals surface area contributed by atoms with E-state index in [0.29, 0.717) is 19.4 Å². The minimum Gasteiger partial charge on any atom is -0.338 e. The van der Waals surface area contributed by atoms with E-state index >= 15 is 0 Å². The van der Waals surface area contributed by atoms with Crippen LogP contribution in [0.5, 0.6) is 0 Å². The van der Waals surface area contributed by atoms with Crippen molar-refractivity contribution in [2.45, 2.75) is 58.5 Å². The van der Waals surface area contributed by atoms with Gasteiger partial charge in [0.15, 0.2) is 0 Å². The van der Waals surface area contributed by atoms with Crippen molar-refractivity contribution in [1.82, 2.24) is 4.90 Å². The van der Waals surface area contributed by atoms with Crippen LogP contribution in [0.1, 0.15) is 51.5 Å². The number of benzene rings is 1. The normalized spacial score (nSPS) is 12.2. The fourth-order valence-corrected chi connectivity index (χ4v) is 2.16. The molecule has 0 saturated carbocycles. The second-order valence-electron chi connectivity index (χ2n) is 5.66. The van der Waals surface area contributed by atoms with Crippen molar-refractivity contribution < 1.29 is 9.18 Å². The van der Waals surface area contributed by atoms with Crippen LogP contribution in [-0.2, 0) is 11.3 Å². The molecule has 1 atom stereocenters. The number of unbranched alkanes of at least 4 members (excludes halogenated alkanes) is 2. The summed E-state index contributed by atoms with van der Waals surface area (Å²) in [6, 6.07) is 6.39. The Balaban J connectivity index is 2.62. The fraction of sp³-hybridized carbons (Fsp3) is 0.588. The number of nitrogens with zero attached hydrogens (tertiary/aromatic N) is 1.